The van der Waals surface area contributed by atoms with Gasteiger partial charge in [-0.2, -0.15) is 0 Å². The van der Waals surface area contributed by atoms with Gasteiger partial charge in [-0.25, -0.2) is 0 Å². The second kappa shape index (κ2) is 7.99. The molecule has 0 aliphatic carbocycles. The molecule has 0 aliphatic rings. The number of aryl methyl sites for hydroxylation is 1. The van der Waals surface area contributed by atoms with Crippen molar-refractivity contribution in [3.05, 3.63) is 75.9 Å². The number of nitrogens with zero attached hydrogens (tertiary/aromatic N) is 1. The van der Waals surface area contributed by atoms with E-state index in [-0.39, 0.29) is 11.5 Å². The summed E-state index contributed by atoms with van der Waals surface area (Å²) in [7, 11) is 0. The Morgan fingerprint density at radius 3 is 2.52 bits per heavy atom. The summed E-state index contributed by atoms with van der Waals surface area (Å²) >= 11 is 2.09. The van der Waals surface area contributed by atoms with Crippen LogP contribution < -0.4 is 0 Å². The Morgan fingerprint density at radius 1 is 1.16 bits per heavy atom. The highest BCUT2D eigenvalue weighted by molar-refractivity contribution is 9.10. The Hall–Kier alpha value is -1.89. The minimum Gasteiger partial charge on any atom is -0.616 e. The van der Waals surface area contributed by atoms with Gasteiger partial charge in [-0.05, 0) is 42.4 Å². The molecular formula is C19H16BrNO3S. The molecule has 0 saturated heterocycles. The fourth-order valence-corrected chi connectivity index (χ4v) is 3.89. The largest absolute Gasteiger partial charge is 0.616 e. The predicted octanol–water partition coefficient (Wildman–Crippen LogP) is 4.54. The number of carbonyl (C=O) groups is 1. The maximum absolute atomic E-state index is 12.7. The Kier molecular flexibility index (Phi) is 5.73. The van der Waals surface area contributed by atoms with Gasteiger partial charge in [0, 0.05) is 15.6 Å². The first kappa shape index (κ1) is 17.9. The van der Waals surface area contributed by atoms with Crippen LogP contribution in [0.2, 0.25) is 0 Å². The van der Waals surface area contributed by atoms with E-state index in [1.54, 1.807) is 6.92 Å². The fourth-order valence-electron chi connectivity index (χ4n) is 2.53. The van der Waals surface area contributed by atoms with Crippen LogP contribution in [0.4, 0.5) is 0 Å². The molecule has 1 unspecified atom stereocenters. The van der Waals surface area contributed by atoms with Crippen molar-refractivity contribution < 1.29 is 13.9 Å². The molecular weight excluding hydrogens is 402 g/mol. The van der Waals surface area contributed by atoms with Crippen molar-refractivity contribution in [3.8, 4) is 11.3 Å². The molecule has 0 spiro atoms. The average molecular weight is 418 g/mol. The van der Waals surface area contributed by atoms with Crippen molar-refractivity contribution in [3.63, 3.8) is 0 Å². The van der Waals surface area contributed by atoms with E-state index in [1.165, 1.54) is 0 Å². The number of rotatable bonds is 6. The summed E-state index contributed by atoms with van der Waals surface area (Å²) in [5.74, 6) is 0.503. The summed E-state index contributed by atoms with van der Waals surface area (Å²) in [5, 5.41) is 3.92. The number of ketones is 1. The van der Waals surface area contributed by atoms with Gasteiger partial charge in [-0.3, -0.25) is 4.79 Å². The van der Waals surface area contributed by atoms with E-state index in [0.717, 1.165) is 15.6 Å². The second-order valence-corrected chi connectivity index (χ2v) is 7.99. The van der Waals surface area contributed by atoms with Gasteiger partial charge in [-0.15, -0.1) is 0 Å². The van der Waals surface area contributed by atoms with Crippen LogP contribution in [0.5, 0.6) is 0 Å². The Bertz CT molecular complexity index is 862. The van der Waals surface area contributed by atoms with Crippen molar-refractivity contribution in [1.82, 2.24) is 5.16 Å². The van der Waals surface area contributed by atoms with Crippen molar-refractivity contribution in [2.45, 2.75) is 12.7 Å². The summed E-state index contributed by atoms with van der Waals surface area (Å²) < 4.78 is 18.6. The van der Waals surface area contributed by atoms with Crippen molar-refractivity contribution in [2.24, 2.45) is 0 Å². The number of hydrogen-bond acceptors (Lipinski definition) is 4. The van der Waals surface area contributed by atoms with E-state index >= 15 is 0 Å². The topological polar surface area (TPSA) is 66.2 Å². The van der Waals surface area contributed by atoms with E-state index < -0.39 is 11.2 Å². The lowest BCUT2D eigenvalue weighted by molar-refractivity contribution is 0.102. The fraction of sp³-hybridized carbons (Fsp3) is 0.158. The second-order valence-electron chi connectivity index (χ2n) is 5.62. The maximum Gasteiger partial charge on any atom is 0.217 e. The molecule has 3 aromatic rings. The summed E-state index contributed by atoms with van der Waals surface area (Å²) in [6.45, 7) is 1.72. The van der Waals surface area contributed by atoms with Gasteiger partial charge in [-0.1, -0.05) is 51.4 Å². The first-order chi connectivity index (χ1) is 12.0. The first-order valence-electron chi connectivity index (χ1n) is 7.69. The Labute approximate surface area is 157 Å². The van der Waals surface area contributed by atoms with Gasteiger partial charge >= 0.3 is 0 Å². The highest BCUT2D eigenvalue weighted by Crippen LogP contribution is 2.28. The number of aromatic nitrogens is 1. The lowest BCUT2D eigenvalue weighted by atomic mass is 10.0. The number of carbonyl (C=O) groups excluding carboxylic acids is 1. The normalized spacial score (nSPS) is 12.1. The monoisotopic (exact) mass is 417 g/mol. The third-order valence-corrected chi connectivity index (χ3v) is 5.48. The van der Waals surface area contributed by atoms with E-state index in [9.17, 15) is 9.35 Å². The van der Waals surface area contributed by atoms with E-state index in [0.29, 0.717) is 22.8 Å². The van der Waals surface area contributed by atoms with Crippen LogP contribution in [0.25, 0.3) is 11.3 Å². The minimum atomic E-state index is -1.29. The van der Waals surface area contributed by atoms with Gasteiger partial charge < -0.3 is 9.08 Å². The molecule has 2 aromatic carbocycles. The molecule has 1 atom stereocenters. The molecule has 0 radical (unpaired) electrons. The third-order valence-electron chi connectivity index (χ3n) is 3.71. The lowest BCUT2D eigenvalue weighted by Gasteiger charge is -2.10. The van der Waals surface area contributed by atoms with Gasteiger partial charge in [0.25, 0.3) is 0 Å². The quantitative estimate of drug-likeness (QED) is 0.435. The maximum atomic E-state index is 12.7. The van der Waals surface area contributed by atoms with Gasteiger partial charge in [0.15, 0.2) is 11.5 Å². The van der Waals surface area contributed by atoms with E-state index in [4.69, 9.17) is 4.52 Å². The number of halogens is 1. The third kappa shape index (κ3) is 4.39. The zero-order valence-electron chi connectivity index (χ0n) is 13.6. The molecule has 25 heavy (non-hydrogen) atoms. The molecule has 0 N–H and O–H groups in total. The SMILES string of the molecule is Cc1noc(-c2ccc(Br)cc2)c1C(=O)C[S+]([O-])Cc1ccccc1. The van der Waals surface area contributed by atoms with Crippen LogP contribution in [-0.2, 0) is 16.9 Å². The van der Waals surface area contributed by atoms with Gasteiger partial charge in [0.05, 0.1) is 11.3 Å². The highest BCUT2D eigenvalue weighted by atomic mass is 79.9. The van der Waals surface area contributed by atoms with Crippen LogP contribution in [0.1, 0.15) is 21.6 Å². The van der Waals surface area contributed by atoms with Crippen LogP contribution in [0, 0.1) is 6.92 Å². The smallest absolute Gasteiger partial charge is 0.217 e. The van der Waals surface area contributed by atoms with Crippen molar-refractivity contribution in [2.75, 3.05) is 5.75 Å². The standard InChI is InChI=1S/C19H16BrNO3S/c1-13-18(19(24-21-13)15-7-9-16(20)10-8-15)17(22)12-25(23)11-14-5-3-2-4-6-14/h2-10H,11-12H2,1H3. The molecule has 1 aromatic heterocycles. The zero-order chi connectivity index (χ0) is 17.8. The van der Waals surface area contributed by atoms with Gasteiger partial charge in [0.2, 0.25) is 5.78 Å². The number of Topliss-reactive ketones (excluding diaryl/α,β-unsaturated/α-hetero) is 1. The summed E-state index contributed by atoms with van der Waals surface area (Å²) in [4.78, 5) is 12.7. The number of hydrogen-bond donors (Lipinski definition) is 0. The van der Waals surface area contributed by atoms with Crippen molar-refractivity contribution >= 4 is 32.9 Å². The molecule has 0 bridgehead atoms. The summed E-state index contributed by atoms with van der Waals surface area (Å²) in [5.41, 5.74) is 2.63. The average Bonchev–Trinajstić information content (AvgIpc) is 2.98. The molecule has 6 heteroatoms. The Morgan fingerprint density at radius 2 is 1.84 bits per heavy atom. The number of benzene rings is 2. The van der Waals surface area contributed by atoms with Crippen molar-refractivity contribution in [1.29, 1.82) is 0 Å². The highest BCUT2D eigenvalue weighted by Gasteiger charge is 2.25. The van der Waals surface area contributed by atoms with Crippen LogP contribution >= 0.6 is 15.9 Å². The lowest BCUT2D eigenvalue weighted by Crippen LogP contribution is -2.18. The Balaban J connectivity index is 1.78. The molecule has 4 nitrogen and oxygen atoms in total. The molecule has 0 saturated carbocycles. The van der Waals surface area contributed by atoms with Crippen LogP contribution in [-0.4, -0.2) is 21.2 Å². The molecule has 128 valence electrons. The van der Waals surface area contributed by atoms with E-state index in [1.807, 2.05) is 54.6 Å². The minimum absolute atomic E-state index is 0.0551. The summed E-state index contributed by atoms with van der Waals surface area (Å²) in [6, 6.07) is 16.9. The molecule has 0 fully saturated rings. The van der Waals surface area contributed by atoms with E-state index in [2.05, 4.69) is 21.1 Å². The predicted molar refractivity (Wildman–Crippen MR) is 102 cm³/mol. The molecule has 0 aliphatic heterocycles. The zero-order valence-corrected chi connectivity index (χ0v) is 16.0. The summed E-state index contributed by atoms with van der Waals surface area (Å²) in [6.07, 6.45) is 0. The van der Waals surface area contributed by atoms with Gasteiger partial charge in [0.1, 0.15) is 5.75 Å². The van der Waals surface area contributed by atoms with Crippen LogP contribution in [0.3, 0.4) is 0 Å². The molecule has 0 amide bonds. The molecule has 3 rings (SSSR count). The van der Waals surface area contributed by atoms with Crippen LogP contribution in [0.15, 0.2) is 63.6 Å². The molecule has 1 heterocycles. The first-order valence-corrected chi connectivity index (χ1v) is 9.97.